The summed E-state index contributed by atoms with van der Waals surface area (Å²) in [6, 6.07) is 4.06. The van der Waals surface area contributed by atoms with Gasteiger partial charge in [0.05, 0.1) is 30.0 Å². The molecule has 1 atom stereocenters. The zero-order valence-electron chi connectivity index (χ0n) is 13.9. The predicted octanol–water partition coefficient (Wildman–Crippen LogP) is 1.91. The highest BCUT2D eigenvalue weighted by atomic mass is 16.6. The molecule has 1 aromatic heterocycles. The van der Waals surface area contributed by atoms with Crippen LogP contribution in [0.5, 0.6) is 11.5 Å². The molecule has 0 saturated carbocycles. The van der Waals surface area contributed by atoms with Crippen molar-refractivity contribution < 1.29 is 19.2 Å². The SMILES string of the molecule is COc1ccc([N+](=O)[O-])cc1O[C@H]1CCCN(c2cnn(C)c2)C1=O. The maximum atomic E-state index is 12.7. The number of amides is 1. The van der Waals surface area contributed by atoms with Crippen molar-refractivity contribution in [3.8, 4) is 11.5 Å². The van der Waals surface area contributed by atoms with Gasteiger partial charge in [0.2, 0.25) is 0 Å². The van der Waals surface area contributed by atoms with E-state index in [2.05, 4.69) is 5.10 Å². The van der Waals surface area contributed by atoms with E-state index in [9.17, 15) is 14.9 Å². The number of carbonyl (C=O) groups is 1. The lowest BCUT2D eigenvalue weighted by molar-refractivity contribution is -0.385. The molecule has 0 radical (unpaired) electrons. The number of benzene rings is 1. The van der Waals surface area contributed by atoms with Crippen LogP contribution in [0.4, 0.5) is 11.4 Å². The summed E-state index contributed by atoms with van der Waals surface area (Å²) in [4.78, 5) is 24.8. The molecule has 2 aromatic rings. The molecular formula is C16H18N4O5. The molecule has 2 heterocycles. The van der Waals surface area contributed by atoms with Gasteiger partial charge in [0.25, 0.3) is 11.6 Å². The third-order valence-electron chi connectivity index (χ3n) is 4.02. The van der Waals surface area contributed by atoms with Crippen LogP contribution < -0.4 is 14.4 Å². The number of methoxy groups -OCH3 is 1. The Morgan fingerprint density at radius 2 is 2.16 bits per heavy atom. The summed E-state index contributed by atoms with van der Waals surface area (Å²) in [5.74, 6) is 0.327. The summed E-state index contributed by atoms with van der Waals surface area (Å²) in [6.45, 7) is 0.580. The van der Waals surface area contributed by atoms with E-state index >= 15 is 0 Å². The highest BCUT2D eigenvalue weighted by Crippen LogP contribution is 2.33. The first kappa shape index (κ1) is 16.7. The fraction of sp³-hybridized carbons (Fsp3) is 0.375. The second-order valence-corrected chi connectivity index (χ2v) is 5.70. The van der Waals surface area contributed by atoms with E-state index in [1.165, 1.54) is 25.3 Å². The molecule has 1 aliphatic heterocycles. The Balaban J connectivity index is 1.83. The number of carbonyl (C=O) groups excluding carboxylic acids is 1. The minimum atomic E-state index is -0.732. The second kappa shape index (κ2) is 6.80. The van der Waals surface area contributed by atoms with Gasteiger partial charge in [0.15, 0.2) is 17.6 Å². The Morgan fingerprint density at radius 3 is 2.80 bits per heavy atom. The molecule has 1 aromatic carbocycles. The Bertz CT molecular complexity index is 804. The minimum Gasteiger partial charge on any atom is -0.493 e. The van der Waals surface area contributed by atoms with Gasteiger partial charge < -0.3 is 14.4 Å². The van der Waals surface area contributed by atoms with Gasteiger partial charge in [-0.1, -0.05) is 0 Å². The van der Waals surface area contributed by atoms with Gasteiger partial charge in [-0.15, -0.1) is 0 Å². The van der Waals surface area contributed by atoms with Gasteiger partial charge in [-0.3, -0.25) is 19.6 Å². The zero-order chi connectivity index (χ0) is 18.0. The summed E-state index contributed by atoms with van der Waals surface area (Å²) in [5, 5.41) is 15.1. The number of nitrogens with zero attached hydrogens (tertiary/aromatic N) is 4. The topological polar surface area (TPSA) is 99.7 Å². The van der Waals surface area contributed by atoms with E-state index in [-0.39, 0.29) is 17.3 Å². The van der Waals surface area contributed by atoms with Gasteiger partial charge in [0, 0.05) is 25.9 Å². The molecule has 1 saturated heterocycles. The number of non-ortho nitro benzene ring substituents is 1. The summed E-state index contributed by atoms with van der Waals surface area (Å²) in [5.41, 5.74) is 0.579. The standard InChI is InChI=1S/C16H18N4O5/c1-18-10-12(9-17-18)19-7-3-4-14(16(19)21)25-15-8-11(20(22)23)5-6-13(15)24-2/h5-6,8-10,14H,3-4,7H2,1-2H3/t14-/m0/s1. The third-order valence-corrected chi connectivity index (χ3v) is 4.02. The van der Waals surface area contributed by atoms with E-state index in [0.29, 0.717) is 24.4 Å². The molecule has 1 fully saturated rings. The molecule has 9 heteroatoms. The van der Waals surface area contributed by atoms with Crippen molar-refractivity contribution in [2.45, 2.75) is 18.9 Å². The summed E-state index contributed by atoms with van der Waals surface area (Å²) in [6.07, 6.45) is 3.93. The van der Waals surface area contributed by atoms with Crippen LogP contribution in [0.15, 0.2) is 30.6 Å². The molecule has 9 nitrogen and oxygen atoms in total. The van der Waals surface area contributed by atoms with E-state index < -0.39 is 11.0 Å². The average Bonchev–Trinajstić information content (AvgIpc) is 3.02. The number of piperidine rings is 1. The van der Waals surface area contributed by atoms with E-state index in [1.54, 1.807) is 29.0 Å². The van der Waals surface area contributed by atoms with Crippen LogP contribution in [0.25, 0.3) is 0 Å². The number of nitro groups is 1. The maximum Gasteiger partial charge on any atom is 0.273 e. The fourth-order valence-corrected chi connectivity index (χ4v) is 2.78. The summed E-state index contributed by atoms with van der Waals surface area (Å²) < 4.78 is 12.6. The first-order valence-electron chi connectivity index (χ1n) is 7.78. The first-order chi connectivity index (χ1) is 12.0. The number of anilines is 1. The van der Waals surface area contributed by atoms with Crippen LogP contribution >= 0.6 is 0 Å². The number of ether oxygens (including phenoxy) is 2. The highest BCUT2D eigenvalue weighted by molar-refractivity contribution is 5.97. The lowest BCUT2D eigenvalue weighted by Gasteiger charge is -2.31. The average molecular weight is 346 g/mol. The molecule has 0 unspecified atom stereocenters. The number of aromatic nitrogens is 2. The quantitative estimate of drug-likeness (QED) is 0.606. The smallest absolute Gasteiger partial charge is 0.273 e. The lowest BCUT2D eigenvalue weighted by Crippen LogP contribution is -2.46. The number of rotatable bonds is 5. The molecule has 132 valence electrons. The van der Waals surface area contributed by atoms with Crippen molar-refractivity contribution in [3.63, 3.8) is 0 Å². The van der Waals surface area contributed by atoms with Crippen LogP contribution in [0.3, 0.4) is 0 Å². The third kappa shape index (κ3) is 3.39. The van der Waals surface area contributed by atoms with Crippen LogP contribution in [0.2, 0.25) is 0 Å². The van der Waals surface area contributed by atoms with Gasteiger partial charge in [-0.25, -0.2) is 0 Å². The molecule has 0 aliphatic carbocycles. The monoisotopic (exact) mass is 346 g/mol. The Labute approximate surface area is 143 Å². The number of nitro benzene ring substituents is 1. The first-order valence-corrected chi connectivity index (χ1v) is 7.78. The fourth-order valence-electron chi connectivity index (χ4n) is 2.78. The number of hydrogen-bond donors (Lipinski definition) is 0. The van der Waals surface area contributed by atoms with Gasteiger partial charge in [-0.2, -0.15) is 5.10 Å². The van der Waals surface area contributed by atoms with E-state index in [1.807, 2.05) is 0 Å². The van der Waals surface area contributed by atoms with Crippen molar-refractivity contribution in [1.29, 1.82) is 0 Å². The van der Waals surface area contributed by atoms with Crippen molar-refractivity contribution in [2.75, 3.05) is 18.6 Å². The maximum absolute atomic E-state index is 12.7. The van der Waals surface area contributed by atoms with Gasteiger partial charge in [0.1, 0.15) is 0 Å². The van der Waals surface area contributed by atoms with Gasteiger partial charge >= 0.3 is 0 Å². The lowest BCUT2D eigenvalue weighted by atomic mass is 10.1. The molecule has 3 rings (SSSR count). The van der Waals surface area contributed by atoms with Crippen LogP contribution in [-0.2, 0) is 11.8 Å². The Hall–Kier alpha value is -3.10. The highest BCUT2D eigenvalue weighted by Gasteiger charge is 2.32. The van der Waals surface area contributed by atoms with E-state index in [0.717, 1.165) is 6.42 Å². The van der Waals surface area contributed by atoms with Crippen molar-refractivity contribution >= 4 is 17.3 Å². The van der Waals surface area contributed by atoms with Crippen molar-refractivity contribution in [1.82, 2.24) is 9.78 Å². The van der Waals surface area contributed by atoms with Crippen LogP contribution in [-0.4, -0.2) is 40.4 Å². The van der Waals surface area contributed by atoms with Gasteiger partial charge in [-0.05, 0) is 18.9 Å². The molecule has 0 spiro atoms. The van der Waals surface area contributed by atoms with Crippen LogP contribution in [0, 0.1) is 10.1 Å². The zero-order valence-corrected chi connectivity index (χ0v) is 13.9. The summed E-state index contributed by atoms with van der Waals surface area (Å²) in [7, 11) is 3.22. The molecule has 25 heavy (non-hydrogen) atoms. The Morgan fingerprint density at radius 1 is 1.36 bits per heavy atom. The molecule has 0 bridgehead atoms. The minimum absolute atomic E-state index is 0.122. The largest absolute Gasteiger partial charge is 0.493 e. The normalized spacial score (nSPS) is 17.4. The van der Waals surface area contributed by atoms with Crippen molar-refractivity contribution in [3.05, 3.63) is 40.7 Å². The predicted molar refractivity (Wildman–Crippen MR) is 88.9 cm³/mol. The number of hydrogen-bond acceptors (Lipinski definition) is 6. The van der Waals surface area contributed by atoms with E-state index in [4.69, 9.17) is 9.47 Å². The van der Waals surface area contributed by atoms with Crippen LogP contribution in [0.1, 0.15) is 12.8 Å². The molecular weight excluding hydrogens is 328 g/mol. The number of aryl methyl sites for hydroxylation is 1. The summed E-state index contributed by atoms with van der Waals surface area (Å²) >= 11 is 0. The van der Waals surface area contributed by atoms with Crippen molar-refractivity contribution in [2.24, 2.45) is 7.05 Å². The molecule has 1 amide bonds. The molecule has 1 aliphatic rings. The Kier molecular flexibility index (Phi) is 4.55. The molecule has 0 N–H and O–H groups in total. The second-order valence-electron chi connectivity index (χ2n) is 5.70.